The van der Waals surface area contributed by atoms with Crippen molar-refractivity contribution in [3.63, 3.8) is 0 Å². The predicted octanol–water partition coefficient (Wildman–Crippen LogP) is 2.55. The first-order valence-electron chi connectivity index (χ1n) is 6.73. The second-order valence-electron chi connectivity index (χ2n) is 4.42. The van der Waals surface area contributed by atoms with E-state index in [-0.39, 0.29) is 5.91 Å². The lowest BCUT2D eigenvalue weighted by atomic mass is 10.1. The molecule has 2 rings (SSSR count). The summed E-state index contributed by atoms with van der Waals surface area (Å²) in [5.41, 5.74) is 1.36. The normalized spacial score (nSPS) is 16.7. The monoisotopic (exact) mass is 290 g/mol. The Bertz CT molecular complexity index is 555. The van der Waals surface area contributed by atoms with Gasteiger partial charge in [-0.05, 0) is 37.7 Å². The van der Waals surface area contributed by atoms with Gasteiger partial charge in [0.15, 0.2) is 5.11 Å². The first kappa shape index (κ1) is 14.5. The van der Waals surface area contributed by atoms with Gasteiger partial charge in [0.25, 0.3) is 5.91 Å². The maximum absolute atomic E-state index is 12.2. The van der Waals surface area contributed by atoms with Crippen LogP contribution >= 0.6 is 12.2 Å². The summed E-state index contributed by atoms with van der Waals surface area (Å²) in [6, 6.07) is 7.62. The second kappa shape index (κ2) is 6.52. The maximum Gasteiger partial charge on any atom is 0.276 e. The van der Waals surface area contributed by atoms with Crippen LogP contribution in [0.2, 0.25) is 0 Å². The van der Waals surface area contributed by atoms with Crippen LogP contribution < -0.4 is 10.1 Å². The summed E-state index contributed by atoms with van der Waals surface area (Å²) in [5.74, 6) is 0.681. The lowest BCUT2D eigenvalue weighted by Gasteiger charge is -2.11. The number of nitrogens with one attached hydrogen (secondary N) is 1. The standard InChI is InChI=1S/C15H18N2O2S/c1-3-9-17-14(18)12(16-15(17)20)10-11-7-5-6-8-13(11)19-4-2/h5-8,10H,3-4,9H2,1-2H3,(H,16,20)/b12-10+. The molecule has 4 nitrogen and oxygen atoms in total. The van der Waals surface area contributed by atoms with E-state index in [1.807, 2.05) is 38.1 Å². The average Bonchev–Trinajstić information content (AvgIpc) is 2.69. The molecule has 0 aliphatic carbocycles. The van der Waals surface area contributed by atoms with Gasteiger partial charge in [-0.1, -0.05) is 25.1 Å². The number of carbonyl (C=O) groups is 1. The number of rotatable bonds is 5. The van der Waals surface area contributed by atoms with Crippen molar-refractivity contribution in [1.29, 1.82) is 0 Å². The van der Waals surface area contributed by atoms with Crippen molar-refractivity contribution in [3.05, 3.63) is 35.5 Å². The molecule has 20 heavy (non-hydrogen) atoms. The van der Waals surface area contributed by atoms with Crippen LogP contribution in [0.15, 0.2) is 30.0 Å². The average molecular weight is 290 g/mol. The molecule has 1 heterocycles. The molecule has 0 bridgehead atoms. The van der Waals surface area contributed by atoms with Crippen LogP contribution in [0.5, 0.6) is 5.75 Å². The minimum absolute atomic E-state index is 0.0804. The van der Waals surface area contributed by atoms with E-state index in [9.17, 15) is 4.79 Å². The van der Waals surface area contributed by atoms with E-state index in [2.05, 4.69) is 5.32 Å². The molecular formula is C15H18N2O2S. The van der Waals surface area contributed by atoms with Gasteiger partial charge in [-0.3, -0.25) is 9.69 Å². The molecule has 106 valence electrons. The zero-order valence-electron chi connectivity index (χ0n) is 11.7. The van der Waals surface area contributed by atoms with Crippen LogP contribution in [0.25, 0.3) is 6.08 Å². The van der Waals surface area contributed by atoms with Crippen molar-refractivity contribution in [2.24, 2.45) is 0 Å². The van der Waals surface area contributed by atoms with Gasteiger partial charge in [-0.2, -0.15) is 0 Å². The molecule has 0 unspecified atom stereocenters. The highest BCUT2D eigenvalue weighted by molar-refractivity contribution is 7.80. The minimum atomic E-state index is -0.0804. The van der Waals surface area contributed by atoms with E-state index < -0.39 is 0 Å². The second-order valence-corrected chi connectivity index (χ2v) is 4.80. The first-order valence-corrected chi connectivity index (χ1v) is 7.14. The molecule has 1 saturated heterocycles. The predicted molar refractivity (Wildman–Crippen MR) is 83.3 cm³/mol. The Labute approximate surface area is 124 Å². The molecule has 0 aromatic heterocycles. The molecule has 1 aliphatic heterocycles. The molecule has 5 heteroatoms. The van der Waals surface area contributed by atoms with Gasteiger partial charge in [0.1, 0.15) is 11.4 Å². The van der Waals surface area contributed by atoms with Crippen molar-refractivity contribution < 1.29 is 9.53 Å². The molecule has 0 saturated carbocycles. The molecule has 1 aromatic rings. The topological polar surface area (TPSA) is 41.6 Å². The lowest BCUT2D eigenvalue weighted by molar-refractivity contribution is -0.122. The third-order valence-electron chi connectivity index (χ3n) is 2.93. The largest absolute Gasteiger partial charge is 0.493 e. The summed E-state index contributed by atoms with van der Waals surface area (Å²) in [4.78, 5) is 13.8. The highest BCUT2D eigenvalue weighted by Gasteiger charge is 2.29. The number of carbonyl (C=O) groups excluding carboxylic acids is 1. The number of hydrogen-bond donors (Lipinski definition) is 1. The number of nitrogens with zero attached hydrogens (tertiary/aromatic N) is 1. The van der Waals surface area contributed by atoms with E-state index in [0.29, 0.717) is 24.0 Å². The fourth-order valence-electron chi connectivity index (χ4n) is 2.04. The van der Waals surface area contributed by atoms with Crippen LogP contribution in [0.1, 0.15) is 25.8 Å². The van der Waals surface area contributed by atoms with Gasteiger partial charge < -0.3 is 10.1 Å². The number of ether oxygens (including phenoxy) is 1. The summed E-state index contributed by atoms with van der Waals surface area (Å²) in [6.45, 7) is 5.17. The third-order valence-corrected chi connectivity index (χ3v) is 3.25. The fourth-order valence-corrected chi connectivity index (χ4v) is 2.32. The Kier molecular flexibility index (Phi) is 4.74. The Morgan fingerprint density at radius 3 is 2.80 bits per heavy atom. The van der Waals surface area contributed by atoms with Crippen LogP contribution in [0.3, 0.4) is 0 Å². The van der Waals surface area contributed by atoms with Gasteiger partial charge in [0, 0.05) is 12.1 Å². The highest BCUT2D eigenvalue weighted by atomic mass is 32.1. The van der Waals surface area contributed by atoms with Crippen molar-refractivity contribution in [1.82, 2.24) is 10.2 Å². The van der Waals surface area contributed by atoms with Crippen LogP contribution in [-0.4, -0.2) is 29.1 Å². The molecule has 1 amide bonds. The summed E-state index contributed by atoms with van der Waals surface area (Å²) in [7, 11) is 0. The summed E-state index contributed by atoms with van der Waals surface area (Å²) in [5, 5.41) is 3.44. The summed E-state index contributed by atoms with van der Waals surface area (Å²) < 4.78 is 5.55. The van der Waals surface area contributed by atoms with E-state index in [0.717, 1.165) is 17.7 Å². The zero-order valence-corrected chi connectivity index (χ0v) is 12.5. The summed E-state index contributed by atoms with van der Waals surface area (Å²) in [6.07, 6.45) is 2.66. The Morgan fingerprint density at radius 2 is 2.10 bits per heavy atom. The highest BCUT2D eigenvalue weighted by Crippen LogP contribution is 2.22. The van der Waals surface area contributed by atoms with Crippen LogP contribution in [0, 0.1) is 0 Å². The van der Waals surface area contributed by atoms with Gasteiger partial charge in [-0.15, -0.1) is 0 Å². The third kappa shape index (κ3) is 2.99. The maximum atomic E-state index is 12.2. The van der Waals surface area contributed by atoms with E-state index in [1.54, 1.807) is 11.0 Å². The fraction of sp³-hybridized carbons (Fsp3) is 0.333. The number of amides is 1. The molecule has 1 aliphatic rings. The number of thiocarbonyl (C=S) groups is 1. The number of hydrogen-bond acceptors (Lipinski definition) is 3. The molecule has 1 fully saturated rings. The van der Waals surface area contributed by atoms with Gasteiger partial charge in [0.05, 0.1) is 6.61 Å². The molecule has 1 aromatic carbocycles. The van der Waals surface area contributed by atoms with Crippen LogP contribution in [0.4, 0.5) is 0 Å². The molecular weight excluding hydrogens is 272 g/mol. The minimum Gasteiger partial charge on any atom is -0.493 e. The zero-order chi connectivity index (χ0) is 14.5. The van der Waals surface area contributed by atoms with E-state index in [1.165, 1.54) is 0 Å². The Balaban J connectivity index is 2.28. The van der Waals surface area contributed by atoms with Gasteiger partial charge >= 0.3 is 0 Å². The Morgan fingerprint density at radius 1 is 1.35 bits per heavy atom. The first-order chi connectivity index (χ1) is 9.67. The molecule has 0 atom stereocenters. The van der Waals surface area contributed by atoms with Crippen molar-refractivity contribution in [3.8, 4) is 5.75 Å². The van der Waals surface area contributed by atoms with Crippen molar-refractivity contribution >= 4 is 29.3 Å². The molecule has 0 spiro atoms. The number of benzene rings is 1. The Hall–Kier alpha value is -1.88. The summed E-state index contributed by atoms with van der Waals surface area (Å²) >= 11 is 5.18. The SMILES string of the molecule is CCCN1C(=O)/C(=C\c2ccccc2OCC)NC1=S. The lowest BCUT2D eigenvalue weighted by Crippen LogP contribution is -2.31. The van der Waals surface area contributed by atoms with Crippen molar-refractivity contribution in [2.45, 2.75) is 20.3 Å². The van der Waals surface area contributed by atoms with Crippen molar-refractivity contribution in [2.75, 3.05) is 13.2 Å². The molecule has 0 radical (unpaired) electrons. The van der Waals surface area contributed by atoms with E-state index >= 15 is 0 Å². The quantitative estimate of drug-likeness (QED) is 0.668. The van der Waals surface area contributed by atoms with Gasteiger partial charge in [-0.25, -0.2) is 0 Å². The van der Waals surface area contributed by atoms with Crippen LogP contribution in [-0.2, 0) is 4.79 Å². The molecule has 1 N–H and O–H groups in total. The smallest absolute Gasteiger partial charge is 0.276 e. The number of para-hydroxylation sites is 1. The van der Waals surface area contributed by atoms with Gasteiger partial charge in [0.2, 0.25) is 0 Å². The van der Waals surface area contributed by atoms with E-state index in [4.69, 9.17) is 17.0 Å².